The summed E-state index contributed by atoms with van der Waals surface area (Å²) in [4.78, 5) is 10.4. The number of aromatic nitrogens is 1. The molecule has 1 rings (SSSR count). The molecule has 0 amide bonds. The monoisotopic (exact) mass is 209 g/mol. The molecule has 4 N–H and O–H groups in total. The van der Waals surface area contributed by atoms with Crippen LogP contribution in [0.3, 0.4) is 0 Å². The molecule has 0 radical (unpaired) electrons. The third-order valence-corrected chi connectivity index (χ3v) is 1.98. The molecule has 0 fully saturated rings. The van der Waals surface area contributed by atoms with Gasteiger partial charge in [0.05, 0.1) is 12.1 Å². The Kier molecular flexibility index (Phi) is 3.78. The highest BCUT2D eigenvalue weighted by Gasteiger charge is 2.05. The lowest BCUT2D eigenvalue weighted by Crippen LogP contribution is -2.25. The first-order chi connectivity index (χ1) is 5.11. The second-order valence-electron chi connectivity index (χ2n) is 1.97. The van der Waals surface area contributed by atoms with Crippen LogP contribution in [0.15, 0.2) is 5.38 Å². The summed E-state index contributed by atoms with van der Waals surface area (Å²) in [6.07, 6.45) is -0.133. The Balaban J connectivity index is 0.00000121. The van der Waals surface area contributed by atoms with E-state index < -0.39 is 5.97 Å². The van der Waals surface area contributed by atoms with Crippen molar-refractivity contribution in [1.82, 2.24) is 4.68 Å². The molecular weight excluding hydrogens is 202 g/mol. The van der Waals surface area contributed by atoms with Gasteiger partial charge in [-0.2, -0.15) is 0 Å². The number of carbonyl (C=O) groups is 1. The zero-order valence-electron chi connectivity index (χ0n) is 5.98. The maximum atomic E-state index is 10.2. The predicted octanol–water partition coefficient (Wildman–Crippen LogP) is -0.208. The lowest BCUT2D eigenvalue weighted by molar-refractivity contribution is -0.136. The van der Waals surface area contributed by atoms with Crippen molar-refractivity contribution in [3.63, 3.8) is 0 Å². The third kappa shape index (κ3) is 2.24. The minimum Gasteiger partial charge on any atom is -0.481 e. The fourth-order valence-corrected chi connectivity index (χ4v) is 1.32. The van der Waals surface area contributed by atoms with Crippen LogP contribution in [-0.4, -0.2) is 15.8 Å². The molecule has 0 aliphatic rings. The number of hydrogen-bond acceptors (Lipinski definition) is 4. The number of rotatable bonds is 2. The van der Waals surface area contributed by atoms with Crippen LogP contribution in [0, 0.1) is 5.41 Å². The summed E-state index contributed by atoms with van der Waals surface area (Å²) in [5, 5.41) is 17.1. The van der Waals surface area contributed by atoms with E-state index in [1.165, 1.54) is 0 Å². The number of halogens is 1. The molecule has 0 saturated heterocycles. The van der Waals surface area contributed by atoms with Crippen LogP contribution in [0.25, 0.3) is 0 Å². The number of nitrogen functional groups attached to an aromatic ring is 1. The number of nitrogens with two attached hydrogens (primary N) is 1. The summed E-state index contributed by atoms with van der Waals surface area (Å²) < 4.78 is 1.07. The molecular formula is C5H8ClN3O2S. The van der Waals surface area contributed by atoms with E-state index >= 15 is 0 Å². The van der Waals surface area contributed by atoms with Gasteiger partial charge in [-0.1, -0.05) is 0 Å². The van der Waals surface area contributed by atoms with Crippen molar-refractivity contribution in [2.75, 3.05) is 5.84 Å². The Bertz CT molecular complexity index is 332. The Hall–Kier alpha value is -1.01. The normalized spacial score (nSPS) is 9.00. The van der Waals surface area contributed by atoms with Crippen molar-refractivity contribution in [1.29, 1.82) is 5.41 Å². The maximum Gasteiger partial charge on any atom is 0.309 e. The van der Waals surface area contributed by atoms with E-state index in [4.69, 9.17) is 16.4 Å². The number of nitrogens with zero attached hydrogens (tertiary/aromatic N) is 1. The van der Waals surface area contributed by atoms with Gasteiger partial charge in [-0.3, -0.25) is 10.2 Å². The Morgan fingerprint density at radius 1 is 1.83 bits per heavy atom. The van der Waals surface area contributed by atoms with Gasteiger partial charge in [-0.05, 0) is 0 Å². The molecule has 0 aliphatic carbocycles. The number of nitrogens with one attached hydrogen (secondary N) is 1. The molecule has 0 aliphatic heterocycles. The quantitative estimate of drug-likeness (QED) is 0.589. The van der Waals surface area contributed by atoms with E-state index in [2.05, 4.69) is 0 Å². The van der Waals surface area contributed by atoms with Crippen LogP contribution in [0.2, 0.25) is 0 Å². The van der Waals surface area contributed by atoms with Crippen LogP contribution in [0.5, 0.6) is 0 Å². The summed E-state index contributed by atoms with van der Waals surface area (Å²) >= 11 is 1.11. The first-order valence-electron chi connectivity index (χ1n) is 2.82. The van der Waals surface area contributed by atoms with Crippen LogP contribution in [0.1, 0.15) is 5.69 Å². The standard InChI is InChI=1S/C5H7N3O2S.ClH/c6-5-8(7)3(2-11-5)1-4(9)10;/h2,6H,1,7H2,(H,9,10);1H. The van der Waals surface area contributed by atoms with Crippen molar-refractivity contribution in [2.45, 2.75) is 6.42 Å². The van der Waals surface area contributed by atoms with Crippen molar-refractivity contribution >= 4 is 29.7 Å². The lowest BCUT2D eigenvalue weighted by Gasteiger charge is -1.96. The van der Waals surface area contributed by atoms with E-state index in [9.17, 15) is 4.79 Å². The molecule has 5 nitrogen and oxygen atoms in total. The van der Waals surface area contributed by atoms with Gasteiger partial charge in [0.2, 0.25) is 4.80 Å². The molecule has 1 heterocycles. The first kappa shape index (κ1) is 11.0. The van der Waals surface area contributed by atoms with E-state index in [0.29, 0.717) is 5.69 Å². The van der Waals surface area contributed by atoms with E-state index in [-0.39, 0.29) is 23.6 Å². The Labute approximate surface area is 78.3 Å². The highest BCUT2D eigenvalue weighted by Crippen LogP contribution is 1.98. The molecule has 1 aromatic rings. The van der Waals surface area contributed by atoms with Crippen molar-refractivity contribution in [2.24, 2.45) is 0 Å². The minimum atomic E-state index is -0.943. The topological polar surface area (TPSA) is 92.1 Å². The average Bonchev–Trinajstić information content (AvgIpc) is 2.18. The van der Waals surface area contributed by atoms with Gasteiger partial charge in [0.25, 0.3) is 0 Å². The van der Waals surface area contributed by atoms with Crippen LogP contribution in [0.4, 0.5) is 0 Å². The van der Waals surface area contributed by atoms with Gasteiger partial charge in [0.1, 0.15) is 0 Å². The molecule has 0 aromatic carbocycles. The van der Waals surface area contributed by atoms with Crippen LogP contribution in [-0.2, 0) is 11.2 Å². The molecule has 0 bridgehead atoms. The summed E-state index contributed by atoms with van der Waals surface area (Å²) in [6.45, 7) is 0. The highest BCUT2D eigenvalue weighted by molar-refractivity contribution is 7.07. The predicted molar refractivity (Wildman–Crippen MR) is 46.9 cm³/mol. The number of hydrogen-bond donors (Lipinski definition) is 3. The van der Waals surface area contributed by atoms with Gasteiger partial charge in [-0.25, -0.2) is 4.68 Å². The van der Waals surface area contributed by atoms with Crippen molar-refractivity contribution in [3.8, 4) is 0 Å². The van der Waals surface area contributed by atoms with Gasteiger partial charge in [0, 0.05) is 5.38 Å². The molecule has 7 heteroatoms. The summed E-state index contributed by atoms with van der Waals surface area (Å²) in [7, 11) is 0. The number of carboxylic acids is 1. The summed E-state index contributed by atoms with van der Waals surface area (Å²) in [5.41, 5.74) is 0.451. The Morgan fingerprint density at radius 2 is 2.42 bits per heavy atom. The fourth-order valence-electron chi connectivity index (χ4n) is 0.650. The maximum absolute atomic E-state index is 10.2. The van der Waals surface area contributed by atoms with E-state index in [1.54, 1.807) is 5.38 Å². The number of aliphatic carboxylic acids is 1. The molecule has 1 aromatic heterocycles. The fraction of sp³-hybridized carbons (Fsp3) is 0.200. The van der Waals surface area contributed by atoms with Crippen LogP contribution < -0.4 is 10.6 Å². The Morgan fingerprint density at radius 3 is 2.75 bits per heavy atom. The summed E-state index contributed by atoms with van der Waals surface area (Å²) in [5.74, 6) is 4.38. The van der Waals surface area contributed by atoms with Gasteiger partial charge in [0.15, 0.2) is 0 Å². The van der Waals surface area contributed by atoms with Crippen LogP contribution >= 0.6 is 23.7 Å². The zero-order valence-corrected chi connectivity index (χ0v) is 7.61. The molecule has 12 heavy (non-hydrogen) atoms. The minimum absolute atomic E-state index is 0. The SMILES string of the molecule is Cl.N=c1scc(CC(=O)O)n1N. The average molecular weight is 210 g/mol. The lowest BCUT2D eigenvalue weighted by atomic mass is 10.3. The van der Waals surface area contributed by atoms with Gasteiger partial charge in [-0.15, -0.1) is 23.7 Å². The molecule has 68 valence electrons. The number of carboxylic acid groups (broad SMARTS) is 1. The molecule has 0 saturated carbocycles. The largest absolute Gasteiger partial charge is 0.481 e. The van der Waals surface area contributed by atoms with E-state index in [0.717, 1.165) is 16.0 Å². The van der Waals surface area contributed by atoms with Crippen molar-refractivity contribution < 1.29 is 9.90 Å². The third-order valence-electron chi connectivity index (χ3n) is 1.17. The number of thiazole rings is 1. The highest BCUT2D eigenvalue weighted by atomic mass is 35.5. The second kappa shape index (κ2) is 4.13. The smallest absolute Gasteiger partial charge is 0.309 e. The molecule has 0 unspecified atom stereocenters. The second-order valence-corrected chi connectivity index (χ2v) is 2.83. The van der Waals surface area contributed by atoms with Gasteiger partial charge < -0.3 is 10.9 Å². The first-order valence-corrected chi connectivity index (χ1v) is 3.70. The molecule has 0 spiro atoms. The van der Waals surface area contributed by atoms with Gasteiger partial charge >= 0.3 is 5.97 Å². The summed E-state index contributed by atoms with van der Waals surface area (Å²) in [6, 6.07) is 0. The van der Waals surface area contributed by atoms with E-state index in [1.807, 2.05) is 0 Å². The van der Waals surface area contributed by atoms with Crippen molar-refractivity contribution in [3.05, 3.63) is 15.9 Å². The molecule has 0 atom stereocenters. The zero-order chi connectivity index (χ0) is 8.43.